The van der Waals surface area contributed by atoms with Gasteiger partial charge in [-0.15, -0.1) is 0 Å². The van der Waals surface area contributed by atoms with E-state index in [0.29, 0.717) is 12.1 Å². The Balaban J connectivity index is 2.47. The molecular formula is C23H16Cl3F9N2O2. The largest absolute Gasteiger partial charge is 0.417 e. The molecule has 0 aromatic heterocycles. The molecular weight excluding hydrogens is 614 g/mol. The Morgan fingerprint density at radius 3 is 2.03 bits per heavy atom. The number of rotatable bonds is 8. The molecule has 0 saturated heterocycles. The topological polar surface area (TPSA) is 58.2 Å². The van der Waals surface area contributed by atoms with E-state index in [-0.39, 0.29) is 27.2 Å². The maximum atomic E-state index is 14.9. The van der Waals surface area contributed by atoms with E-state index in [1.54, 1.807) is 5.32 Å². The lowest BCUT2D eigenvalue weighted by molar-refractivity contribution is -0.140. The average Bonchev–Trinajstić information content (AvgIpc) is 2.82. The van der Waals surface area contributed by atoms with Crippen LogP contribution in [0.2, 0.25) is 15.1 Å². The summed E-state index contributed by atoms with van der Waals surface area (Å²) in [5.41, 5.74) is -4.44. The Bertz CT molecular complexity index is 1240. The zero-order valence-electron chi connectivity index (χ0n) is 19.3. The minimum absolute atomic E-state index is 0.000545. The Hall–Kier alpha value is -2.64. The van der Waals surface area contributed by atoms with E-state index < -0.39 is 77.2 Å². The zero-order valence-corrected chi connectivity index (χ0v) is 21.5. The Labute approximate surface area is 230 Å². The molecule has 2 unspecified atom stereocenters. The summed E-state index contributed by atoms with van der Waals surface area (Å²) in [6.07, 6.45) is -13.3. The molecule has 214 valence electrons. The van der Waals surface area contributed by atoms with Crippen molar-refractivity contribution in [2.24, 2.45) is 0 Å². The predicted octanol–water partition coefficient (Wildman–Crippen LogP) is 7.82. The first-order valence-electron chi connectivity index (χ1n) is 10.5. The van der Waals surface area contributed by atoms with E-state index in [2.05, 4.69) is 0 Å². The molecule has 0 aliphatic carbocycles. The molecule has 0 spiro atoms. The smallest absolute Gasteiger partial charge is 0.349 e. The molecule has 0 bridgehead atoms. The molecule has 16 heteroatoms. The number of alkyl halides is 8. The van der Waals surface area contributed by atoms with Gasteiger partial charge in [-0.25, -0.2) is 13.2 Å². The summed E-state index contributed by atoms with van der Waals surface area (Å²) in [5.74, 6) is -7.02. The van der Waals surface area contributed by atoms with Gasteiger partial charge in [-0.1, -0.05) is 40.9 Å². The molecule has 0 aliphatic rings. The highest BCUT2D eigenvalue weighted by Crippen LogP contribution is 2.42. The number of allylic oxidation sites excluding steroid dienone is 1. The molecule has 39 heavy (non-hydrogen) atoms. The fourth-order valence-electron chi connectivity index (χ4n) is 3.17. The quantitative estimate of drug-likeness (QED) is 0.231. The molecule has 2 N–H and O–H groups in total. The molecule has 4 nitrogen and oxygen atoms in total. The molecule has 0 fully saturated rings. The lowest BCUT2D eigenvalue weighted by atomic mass is 9.95. The third kappa shape index (κ3) is 8.67. The van der Waals surface area contributed by atoms with Gasteiger partial charge in [-0.05, 0) is 42.8 Å². The van der Waals surface area contributed by atoms with Crippen LogP contribution in [0.25, 0.3) is 5.83 Å². The lowest BCUT2D eigenvalue weighted by Crippen LogP contribution is -2.46. The van der Waals surface area contributed by atoms with Crippen LogP contribution < -0.4 is 10.6 Å². The molecule has 2 atom stereocenters. The molecule has 2 rings (SSSR count). The normalized spacial score (nSPS) is 14.3. The van der Waals surface area contributed by atoms with Crippen molar-refractivity contribution in [3.05, 3.63) is 73.7 Å². The maximum Gasteiger partial charge on any atom is 0.417 e. The lowest BCUT2D eigenvalue weighted by Gasteiger charge is -2.19. The highest BCUT2D eigenvalue weighted by atomic mass is 35.5. The third-order valence-electron chi connectivity index (χ3n) is 5.05. The first-order chi connectivity index (χ1) is 17.8. The number of carbonyl (C=O) groups is 2. The fraction of sp³-hybridized carbons (Fsp3) is 0.304. The summed E-state index contributed by atoms with van der Waals surface area (Å²) in [5, 5.41) is 2.62. The number of benzene rings is 2. The van der Waals surface area contributed by atoms with E-state index in [1.165, 1.54) is 0 Å². The van der Waals surface area contributed by atoms with E-state index in [4.69, 9.17) is 34.8 Å². The second-order valence-corrected chi connectivity index (χ2v) is 9.11. The van der Waals surface area contributed by atoms with Crippen molar-refractivity contribution in [1.82, 2.24) is 10.6 Å². The van der Waals surface area contributed by atoms with Gasteiger partial charge in [-0.2, -0.15) is 26.3 Å². The van der Waals surface area contributed by atoms with Crippen LogP contribution in [-0.4, -0.2) is 37.0 Å². The van der Waals surface area contributed by atoms with Crippen molar-refractivity contribution < 1.29 is 49.1 Å². The molecule has 0 saturated carbocycles. The zero-order chi connectivity index (χ0) is 29.9. The van der Waals surface area contributed by atoms with Crippen LogP contribution in [0.1, 0.15) is 39.9 Å². The summed E-state index contributed by atoms with van der Waals surface area (Å²) < 4.78 is 122. The van der Waals surface area contributed by atoms with Gasteiger partial charge >= 0.3 is 12.4 Å². The SMILES string of the molecule is CC(NC(=O)c1ccc(/C(F)=C/C(c2cc(Cl)c(Cl)c(Cl)c2)C(F)(F)F)cc1C(F)(F)F)C(=O)NCC(F)F. The second kappa shape index (κ2) is 12.7. The predicted molar refractivity (Wildman–Crippen MR) is 127 cm³/mol. The third-order valence-corrected chi connectivity index (χ3v) is 6.24. The van der Waals surface area contributed by atoms with E-state index >= 15 is 0 Å². The van der Waals surface area contributed by atoms with Gasteiger partial charge < -0.3 is 10.6 Å². The van der Waals surface area contributed by atoms with Gasteiger partial charge in [0, 0.05) is 5.56 Å². The van der Waals surface area contributed by atoms with Crippen LogP contribution in [0, 0.1) is 0 Å². The summed E-state index contributed by atoms with van der Waals surface area (Å²) in [4.78, 5) is 24.1. The van der Waals surface area contributed by atoms with Crippen molar-refractivity contribution in [3.63, 3.8) is 0 Å². The highest BCUT2D eigenvalue weighted by Gasteiger charge is 2.41. The van der Waals surface area contributed by atoms with Crippen LogP contribution in [0.3, 0.4) is 0 Å². The number of carbonyl (C=O) groups excluding carboxylic acids is 2. The molecule has 2 amide bonds. The molecule has 2 aromatic carbocycles. The Kier molecular flexibility index (Phi) is 10.6. The summed E-state index contributed by atoms with van der Waals surface area (Å²) in [6.45, 7) is -0.0597. The number of halogens is 12. The number of hydrogen-bond donors (Lipinski definition) is 2. The number of amides is 2. The van der Waals surface area contributed by atoms with Gasteiger partial charge in [-0.3, -0.25) is 9.59 Å². The van der Waals surface area contributed by atoms with Crippen LogP contribution in [-0.2, 0) is 11.0 Å². The summed E-state index contributed by atoms with van der Waals surface area (Å²) in [7, 11) is 0. The second-order valence-electron chi connectivity index (χ2n) is 7.92. The van der Waals surface area contributed by atoms with Gasteiger partial charge in [0.25, 0.3) is 12.3 Å². The summed E-state index contributed by atoms with van der Waals surface area (Å²) >= 11 is 17.2. The fourth-order valence-corrected chi connectivity index (χ4v) is 3.79. The van der Waals surface area contributed by atoms with Crippen molar-refractivity contribution in [2.45, 2.75) is 37.7 Å². The van der Waals surface area contributed by atoms with Crippen molar-refractivity contribution in [2.75, 3.05) is 6.54 Å². The summed E-state index contributed by atoms with van der Waals surface area (Å²) in [6, 6.07) is 1.21. The van der Waals surface area contributed by atoms with E-state index in [1.807, 2.05) is 5.32 Å². The maximum absolute atomic E-state index is 14.9. The van der Waals surface area contributed by atoms with Crippen LogP contribution >= 0.6 is 34.8 Å². The minimum Gasteiger partial charge on any atom is -0.349 e. The molecule has 0 aliphatic heterocycles. The average molecular weight is 630 g/mol. The Morgan fingerprint density at radius 1 is 0.974 bits per heavy atom. The van der Waals surface area contributed by atoms with Crippen LogP contribution in [0.15, 0.2) is 36.4 Å². The number of nitrogens with one attached hydrogen (secondary N) is 2. The van der Waals surface area contributed by atoms with Crippen LogP contribution in [0.4, 0.5) is 39.5 Å². The van der Waals surface area contributed by atoms with Gasteiger partial charge in [0.05, 0.1) is 32.7 Å². The molecule has 0 heterocycles. The highest BCUT2D eigenvalue weighted by molar-refractivity contribution is 6.48. The van der Waals surface area contributed by atoms with E-state index in [0.717, 1.165) is 19.1 Å². The molecule has 2 aromatic rings. The van der Waals surface area contributed by atoms with Crippen molar-refractivity contribution >= 4 is 52.4 Å². The first kappa shape index (κ1) is 32.6. The Morgan fingerprint density at radius 2 is 1.54 bits per heavy atom. The van der Waals surface area contributed by atoms with Crippen molar-refractivity contribution in [3.8, 4) is 0 Å². The number of hydrogen-bond acceptors (Lipinski definition) is 2. The van der Waals surface area contributed by atoms with E-state index in [9.17, 15) is 49.1 Å². The minimum atomic E-state index is -5.29. The van der Waals surface area contributed by atoms with Gasteiger partial charge in [0.15, 0.2) is 0 Å². The standard InChI is InChI=1S/C23H16Cl3F9N2O2/c1-9(20(38)36-8-18(28)29)37-21(39)12-3-2-10(4-14(12)23(33,34)35)17(27)7-13(22(30,31)32)11-5-15(24)19(26)16(25)6-11/h2-7,9,13,18H,8H2,1H3,(H,36,38)(H,37,39)/b17-7-. The van der Waals surface area contributed by atoms with Gasteiger partial charge in [0.2, 0.25) is 5.91 Å². The van der Waals surface area contributed by atoms with Crippen molar-refractivity contribution in [1.29, 1.82) is 0 Å². The van der Waals surface area contributed by atoms with Gasteiger partial charge in [0.1, 0.15) is 17.8 Å². The molecule has 0 radical (unpaired) electrons. The van der Waals surface area contributed by atoms with Crippen LogP contribution in [0.5, 0.6) is 0 Å². The first-order valence-corrected chi connectivity index (χ1v) is 11.6. The monoisotopic (exact) mass is 628 g/mol.